The zero-order valence-electron chi connectivity index (χ0n) is 13.3. The standard InChI is InChI=1S/C18H26N2O/c1-4-7-8-13-18(21)19-14-16-11-9-10-12-17(16)15-20(5-2)6-3/h4,7-13H,5-6,14-15H2,1-3H3,(H,19,21)/b7-4+,13-8+. The minimum Gasteiger partial charge on any atom is -0.348 e. The molecule has 1 aromatic carbocycles. The third-order valence-electron chi connectivity index (χ3n) is 3.41. The molecule has 0 aliphatic carbocycles. The minimum absolute atomic E-state index is 0.0641. The Kier molecular flexibility index (Phi) is 8.14. The van der Waals surface area contributed by atoms with E-state index in [1.165, 1.54) is 11.1 Å². The molecule has 3 nitrogen and oxygen atoms in total. The lowest BCUT2D eigenvalue weighted by molar-refractivity contribution is -0.116. The van der Waals surface area contributed by atoms with Crippen molar-refractivity contribution in [3.05, 3.63) is 59.7 Å². The summed E-state index contributed by atoms with van der Waals surface area (Å²) in [7, 11) is 0. The number of carbonyl (C=O) groups is 1. The van der Waals surface area contributed by atoms with Gasteiger partial charge in [-0.05, 0) is 31.1 Å². The fourth-order valence-electron chi connectivity index (χ4n) is 2.07. The molecule has 0 atom stereocenters. The van der Waals surface area contributed by atoms with Crippen molar-refractivity contribution >= 4 is 5.91 Å². The van der Waals surface area contributed by atoms with Crippen LogP contribution in [-0.2, 0) is 17.9 Å². The molecule has 0 unspecified atom stereocenters. The van der Waals surface area contributed by atoms with E-state index in [4.69, 9.17) is 0 Å². The summed E-state index contributed by atoms with van der Waals surface area (Å²) < 4.78 is 0. The SMILES string of the molecule is C/C=C/C=C/C(=O)NCc1ccccc1CN(CC)CC. The molecule has 0 saturated heterocycles. The molecule has 114 valence electrons. The quantitative estimate of drug-likeness (QED) is 0.587. The Morgan fingerprint density at radius 1 is 1.14 bits per heavy atom. The molecule has 0 radical (unpaired) electrons. The number of amides is 1. The first-order valence-corrected chi connectivity index (χ1v) is 7.57. The predicted molar refractivity (Wildman–Crippen MR) is 88.9 cm³/mol. The number of nitrogens with zero attached hydrogens (tertiary/aromatic N) is 1. The van der Waals surface area contributed by atoms with Gasteiger partial charge in [0.2, 0.25) is 5.91 Å². The Bertz CT molecular complexity index is 488. The number of rotatable bonds is 8. The van der Waals surface area contributed by atoms with Crippen LogP contribution in [0.3, 0.4) is 0 Å². The second-order valence-electron chi connectivity index (χ2n) is 4.83. The summed E-state index contributed by atoms with van der Waals surface area (Å²) in [6.07, 6.45) is 7.03. The Hall–Kier alpha value is -1.87. The van der Waals surface area contributed by atoms with E-state index in [0.29, 0.717) is 6.54 Å². The fraction of sp³-hybridized carbons (Fsp3) is 0.389. The summed E-state index contributed by atoms with van der Waals surface area (Å²) >= 11 is 0. The summed E-state index contributed by atoms with van der Waals surface area (Å²) in [4.78, 5) is 14.1. The first-order chi connectivity index (χ1) is 10.2. The normalized spacial score (nSPS) is 11.6. The number of carbonyl (C=O) groups excluding carboxylic acids is 1. The topological polar surface area (TPSA) is 32.3 Å². The van der Waals surface area contributed by atoms with Gasteiger partial charge in [-0.15, -0.1) is 0 Å². The lowest BCUT2D eigenvalue weighted by Gasteiger charge is -2.20. The molecule has 0 saturated carbocycles. The Balaban J connectivity index is 2.64. The van der Waals surface area contributed by atoms with Crippen molar-refractivity contribution in [2.24, 2.45) is 0 Å². The molecule has 0 bridgehead atoms. The molecular formula is C18H26N2O. The molecule has 0 heterocycles. The van der Waals surface area contributed by atoms with Gasteiger partial charge in [-0.3, -0.25) is 9.69 Å². The van der Waals surface area contributed by atoms with E-state index in [0.717, 1.165) is 19.6 Å². The van der Waals surface area contributed by atoms with Crippen molar-refractivity contribution in [2.45, 2.75) is 33.9 Å². The highest BCUT2D eigenvalue weighted by Crippen LogP contribution is 2.11. The second kappa shape index (κ2) is 9.94. The summed E-state index contributed by atoms with van der Waals surface area (Å²) in [5, 5.41) is 2.93. The highest BCUT2D eigenvalue weighted by molar-refractivity contribution is 5.87. The van der Waals surface area contributed by atoms with Crippen molar-refractivity contribution in [2.75, 3.05) is 13.1 Å². The molecule has 0 fully saturated rings. The van der Waals surface area contributed by atoms with E-state index in [1.54, 1.807) is 12.2 Å². The van der Waals surface area contributed by atoms with Crippen LogP contribution in [-0.4, -0.2) is 23.9 Å². The van der Waals surface area contributed by atoms with Crippen molar-refractivity contribution in [3.8, 4) is 0 Å². The van der Waals surface area contributed by atoms with Gasteiger partial charge in [0.05, 0.1) is 0 Å². The summed E-state index contributed by atoms with van der Waals surface area (Å²) in [5.41, 5.74) is 2.45. The molecule has 0 aromatic heterocycles. The van der Waals surface area contributed by atoms with Crippen LogP contribution in [0, 0.1) is 0 Å². The first-order valence-electron chi connectivity index (χ1n) is 7.57. The number of hydrogen-bond donors (Lipinski definition) is 1. The van der Waals surface area contributed by atoms with E-state index >= 15 is 0 Å². The number of allylic oxidation sites excluding steroid dienone is 3. The van der Waals surface area contributed by atoms with Crippen molar-refractivity contribution < 1.29 is 4.79 Å². The maximum atomic E-state index is 11.7. The maximum Gasteiger partial charge on any atom is 0.244 e. The van der Waals surface area contributed by atoms with Gasteiger partial charge < -0.3 is 5.32 Å². The second-order valence-corrected chi connectivity index (χ2v) is 4.83. The maximum absolute atomic E-state index is 11.7. The number of benzene rings is 1. The van der Waals surface area contributed by atoms with E-state index in [2.05, 4.69) is 42.3 Å². The predicted octanol–water partition coefficient (Wildman–Crippen LogP) is 3.28. The third kappa shape index (κ3) is 6.41. The summed E-state index contributed by atoms with van der Waals surface area (Å²) in [6.45, 7) is 9.81. The monoisotopic (exact) mass is 286 g/mol. The largest absolute Gasteiger partial charge is 0.348 e. The summed E-state index contributed by atoms with van der Waals surface area (Å²) in [5.74, 6) is -0.0641. The van der Waals surface area contributed by atoms with Gasteiger partial charge in [0, 0.05) is 19.2 Å². The molecular weight excluding hydrogens is 260 g/mol. The molecule has 0 aliphatic heterocycles. The van der Waals surface area contributed by atoms with Crippen molar-refractivity contribution in [3.63, 3.8) is 0 Å². The lowest BCUT2D eigenvalue weighted by Crippen LogP contribution is -2.25. The van der Waals surface area contributed by atoms with Gasteiger partial charge in [0.15, 0.2) is 0 Å². The summed E-state index contributed by atoms with van der Waals surface area (Å²) in [6, 6.07) is 8.28. The van der Waals surface area contributed by atoms with Gasteiger partial charge in [-0.25, -0.2) is 0 Å². The van der Waals surface area contributed by atoms with Gasteiger partial charge in [-0.1, -0.05) is 56.3 Å². The zero-order valence-corrected chi connectivity index (χ0v) is 13.3. The van der Waals surface area contributed by atoms with E-state index in [-0.39, 0.29) is 5.91 Å². The van der Waals surface area contributed by atoms with Gasteiger partial charge in [0.25, 0.3) is 0 Å². The van der Waals surface area contributed by atoms with Crippen LogP contribution in [0.4, 0.5) is 0 Å². The molecule has 1 aromatic rings. The van der Waals surface area contributed by atoms with Crippen molar-refractivity contribution in [1.82, 2.24) is 10.2 Å². The smallest absolute Gasteiger partial charge is 0.244 e. The highest BCUT2D eigenvalue weighted by Gasteiger charge is 2.06. The third-order valence-corrected chi connectivity index (χ3v) is 3.41. The Morgan fingerprint density at radius 2 is 1.81 bits per heavy atom. The Labute approximate surface area is 128 Å². The Morgan fingerprint density at radius 3 is 2.43 bits per heavy atom. The minimum atomic E-state index is -0.0641. The van der Waals surface area contributed by atoms with E-state index in [9.17, 15) is 4.79 Å². The number of hydrogen-bond acceptors (Lipinski definition) is 2. The van der Waals surface area contributed by atoms with Crippen LogP contribution in [0.15, 0.2) is 48.6 Å². The highest BCUT2D eigenvalue weighted by atomic mass is 16.1. The van der Waals surface area contributed by atoms with Gasteiger partial charge >= 0.3 is 0 Å². The number of nitrogens with one attached hydrogen (secondary N) is 1. The van der Waals surface area contributed by atoms with Crippen LogP contribution >= 0.6 is 0 Å². The van der Waals surface area contributed by atoms with Crippen LogP contribution in [0.25, 0.3) is 0 Å². The average molecular weight is 286 g/mol. The first kappa shape index (κ1) is 17.2. The van der Waals surface area contributed by atoms with E-state index < -0.39 is 0 Å². The lowest BCUT2D eigenvalue weighted by atomic mass is 10.1. The molecule has 0 spiro atoms. The fourth-order valence-corrected chi connectivity index (χ4v) is 2.07. The van der Waals surface area contributed by atoms with Gasteiger partial charge in [0.1, 0.15) is 0 Å². The molecule has 1 rings (SSSR count). The van der Waals surface area contributed by atoms with Crippen LogP contribution in [0.1, 0.15) is 31.9 Å². The van der Waals surface area contributed by atoms with Crippen LogP contribution in [0.5, 0.6) is 0 Å². The molecule has 1 N–H and O–H groups in total. The van der Waals surface area contributed by atoms with Crippen LogP contribution in [0.2, 0.25) is 0 Å². The van der Waals surface area contributed by atoms with Gasteiger partial charge in [-0.2, -0.15) is 0 Å². The molecule has 0 aliphatic rings. The molecule has 21 heavy (non-hydrogen) atoms. The molecule has 1 amide bonds. The van der Waals surface area contributed by atoms with Crippen molar-refractivity contribution in [1.29, 1.82) is 0 Å². The molecule has 3 heteroatoms. The van der Waals surface area contributed by atoms with E-state index in [1.807, 2.05) is 25.1 Å². The average Bonchev–Trinajstić information content (AvgIpc) is 2.51. The zero-order chi connectivity index (χ0) is 15.5. The van der Waals surface area contributed by atoms with Crippen LogP contribution < -0.4 is 5.32 Å².